The van der Waals surface area contributed by atoms with Crippen molar-refractivity contribution >= 4 is 49.1 Å². The molecule has 0 fully saturated rings. The molecule has 3 rings (SSSR count). The van der Waals surface area contributed by atoms with Crippen LogP contribution in [0.1, 0.15) is 12.8 Å². The van der Waals surface area contributed by atoms with Gasteiger partial charge in [0.25, 0.3) is 0 Å². The topological polar surface area (TPSA) is 68.5 Å². The summed E-state index contributed by atoms with van der Waals surface area (Å²) in [5.74, 6) is 0.222. The average molecular weight is 465 g/mol. The van der Waals surface area contributed by atoms with Crippen LogP contribution in [0.25, 0.3) is 10.2 Å². The summed E-state index contributed by atoms with van der Waals surface area (Å²) < 4.78 is 39.2. The molecule has 0 N–H and O–H groups in total. The van der Waals surface area contributed by atoms with Gasteiger partial charge in [-0.05, 0) is 54.6 Å². The van der Waals surface area contributed by atoms with Gasteiger partial charge in [0.1, 0.15) is 5.82 Å². The maximum Gasteiger partial charge on any atom is 0.248 e. The van der Waals surface area contributed by atoms with Gasteiger partial charge in [-0.2, -0.15) is 4.99 Å². The van der Waals surface area contributed by atoms with E-state index in [4.69, 9.17) is 0 Å². The Morgan fingerprint density at radius 3 is 2.67 bits per heavy atom. The minimum absolute atomic E-state index is 0.234. The number of amides is 1. The number of rotatable bonds is 8. The Balaban J connectivity index is 1.74. The third-order valence-electron chi connectivity index (χ3n) is 4.23. The van der Waals surface area contributed by atoms with Crippen molar-refractivity contribution in [1.82, 2.24) is 4.57 Å². The highest BCUT2D eigenvalue weighted by Gasteiger charge is 2.12. The highest BCUT2D eigenvalue weighted by Crippen LogP contribution is 2.22. The van der Waals surface area contributed by atoms with Crippen LogP contribution in [-0.2, 0) is 21.2 Å². The highest BCUT2D eigenvalue weighted by atomic mass is 32.2. The molecule has 0 saturated heterocycles. The van der Waals surface area contributed by atoms with Crippen molar-refractivity contribution < 1.29 is 17.6 Å². The summed E-state index contributed by atoms with van der Waals surface area (Å²) in [5.41, 5.74) is 0.811. The zero-order valence-corrected chi connectivity index (χ0v) is 18.8. The van der Waals surface area contributed by atoms with Crippen LogP contribution in [-0.4, -0.2) is 30.9 Å². The van der Waals surface area contributed by atoms with Gasteiger partial charge in [-0.3, -0.25) is 4.79 Å². The van der Waals surface area contributed by atoms with E-state index in [0.29, 0.717) is 24.2 Å². The lowest BCUT2D eigenvalue weighted by molar-refractivity contribution is -0.118. The zero-order valence-electron chi connectivity index (χ0n) is 16.4. The van der Waals surface area contributed by atoms with E-state index in [0.717, 1.165) is 20.9 Å². The monoisotopic (exact) mass is 464 g/mol. The number of fused-ring (bicyclic) bond motifs is 1. The van der Waals surface area contributed by atoms with Crippen LogP contribution >= 0.6 is 23.1 Å². The first-order valence-corrected chi connectivity index (χ1v) is 12.9. The Kier molecular flexibility index (Phi) is 7.27. The SMILES string of the molecule is C=CCn1c(=NC(=O)CCCSc2ccc(F)cc2)sc2cc(S(C)(=O)=O)ccc21. The largest absolute Gasteiger partial charge is 0.313 e. The Morgan fingerprint density at radius 2 is 2.00 bits per heavy atom. The number of hydrogen-bond acceptors (Lipinski definition) is 5. The summed E-state index contributed by atoms with van der Waals surface area (Å²) in [6.45, 7) is 4.21. The van der Waals surface area contributed by atoms with Crippen LogP contribution in [0.2, 0.25) is 0 Å². The van der Waals surface area contributed by atoms with Gasteiger partial charge in [-0.25, -0.2) is 12.8 Å². The highest BCUT2D eigenvalue weighted by molar-refractivity contribution is 7.99. The van der Waals surface area contributed by atoms with E-state index in [1.54, 1.807) is 48.2 Å². The molecule has 1 aromatic heterocycles. The summed E-state index contributed by atoms with van der Waals surface area (Å²) in [5, 5.41) is 0. The number of carbonyl (C=O) groups excluding carboxylic acids is 1. The second kappa shape index (κ2) is 9.72. The first-order valence-electron chi connectivity index (χ1n) is 9.18. The number of sulfone groups is 1. The summed E-state index contributed by atoms with van der Waals surface area (Å²) in [4.78, 5) is 18.3. The molecule has 3 aromatic rings. The number of thiazole rings is 1. The number of hydrogen-bond donors (Lipinski definition) is 0. The number of aromatic nitrogens is 1. The van der Waals surface area contributed by atoms with Gasteiger partial charge in [0.15, 0.2) is 14.6 Å². The van der Waals surface area contributed by atoms with Crippen molar-refractivity contribution in [2.24, 2.45) is 4.99 Å². The van der Waals surface area contributed by atoms with E-state index < -0.39 is 9.84 Å². The van der Waals surface area contributed by atoms with Gasteiger partial charge < -0.3 is 4.57 Å². The van der Waals surface area contributed by atoms with Crippen LogP contribution in [0.4, 0.5) is 4.39 Å². The van der Waals surface area contributed by atoms with Crippen LogP contribution < -0.4 is 4.80 Å². The van der Waals surface area contributed by atoms with Crippen LogP contribution in [0.3, 0.4) is 0 Å². The molecule has 0 saturated carbocycles. The summed E-state index contributed by atoms with van der Waals surface area (Å²) >= 11 is 2.85. The summed E-state index contributed by atoms with van der Waals surface area (Å²) in [6.07, 6.45) is 3.82. The summed E-state index contributed by atoms with van der Waals surface area (Å²) in [7, 11) is -3.32. The fourth-order valence-corrected chi connectivity index (χ4v) is 5.45. The number of thioether (sulfide) groups is 1. The molecule has 0 atom stereocenters. The first-order chi connectivity index (χ1) is 14.3. The third-order valence-corrected chi connectivity index (χ3v) is 7.48. The number of allylic oxidation sites excluding steroid dienone is 1. The van der Waals surface area contributed by atoms with Crippen LogP contribution in [0.5, 0.6) is 0 Å². The molecule has 9 heteroatoms. The van der Waals surface area contributed by atoms with E-state index in [1.165, 1.54) is 29.7 Å². The van der Waals surface area contributed by atoms with E-state index >= 15 is 0 Å². The maximum absolute atomic E-state index is 12.9. The number of carbonyl (C=O) groups is 1. The number of halogens is 1. The van der Waals surface area contributed by atoms with Crippen LogP contribution in [0.15, 0.2) is 69.9 Å². The fraction of sp³-hybridized carbons (Fsp3) is 0.238. The molecule has 0 aliphatic heterocycles. The predicted octanol–water partition coefficient (Wildman–Crippen LogP) is 4.43. The van der Waals surface area contributed by atoms with Crippen molar-refractivity contribution in [1.29, 1.82) is 0 Å². The normalized spacial score (nSPS) is 12.4. The Labute approximate surface area is 182 Å². The van der Waals surface area contributed by atoms with Gasteiger partial charge in [0.05, 0.1) is 15.1 Å². The zero-order chi connectivity index (χ0) is 21.7. The van der Waals surface area contributed by atoms with E-state index in [9.17, 15) is 17.6 Å². The minimum atomic E-state index is -3.32. The number of nitrogens with zero attached hydrogens (tertiary/aromatic N) is 2. The molecule has 0 radical (unpaired) electrons. The molecular formula is C21H21FN2O3S3. The van der Waals surface area contributed by atoms with E-state index in [1.807, 2.05) is 4.57 Å². The van der Waals surface area contributed by atoms with Crippen molar-refractivity contribution in [3.05, 3.63) is 65.7 Å². The molecular weight excluding hydrogens is 443 g/mol. The standard InChI is InChI=1S/C21H21FN2O3S3/c1-3-12-24-18-11-10-17(30(2,26)27)14-19(18)29-21(24)23-20(25)5-4-13-28-16-8-6-15(22)7-9-16/h3,6-11,14H,1,4-5,12-13H2,2H3. The molecule has 0 aliphatic carbocycles. The minimum Gasteiger partial charge on any atom is -0.313 e. The maximum atomic E-state index is 12.9. The molecule has 0 aliphatic rings. The van der Waals surface area contributed by atoms with Crippen molar-refractivity contribution in [2.75, 3.05) is 12.0 Å². The Morgan fingerprint density at radius 1 is 1.27 bits per heavy atom. The van der Waals surface area contributed by atoms with Gasteiger partial charge >= 0.3 is 0 Å². The number of benzene rings is 2. The van der Waals surface area contributed by atoms with Gasteiger partial charge in [-0.15, -0.1) is 18.3 Å². The lowest BCUT2D eigenvalue weighted by Gasteiger charge is -2.02. The second-order valence-corrected chi connectivity index (χ2v) is 10.8. The fourth-order valence-electron chi connectivity index (χ4n) is 2.78. The van der Waals surface area contributed by atoms with Gasteiger partial charge in [0.2, 0.25) is 5.91 Å². The molecule has 1 amide bonds. The Bertz CT molecular complexity index is 1240. The molecule has 0 bridgehead atoms. The first kappa shape index (κ1) is 22.5. The van der Waals surface area contributed by atoms with Crippen molar-refractivity contribution in [2.45, 2.75) is 29.2 Å². The van der Waals surface area contributed by atoms with Crippen molar-refractivity contribution in [3.8, 4) is 0 Å². The summed E-state index contributed by atoms with van der Waals surface area (Å²) in [6, 6.07) is 11.2. The second-order valence-electron chi connectivity index (χ2n) is 6.60. The third kappa shape index (κ3) is 5.68. The Hall–Kier alpha value is -2.23. The molecule has 1 heterocycles. The molecule has 158 valence electrons. The van der Waals surface area contributed by atoms with E-state index in [2.05, 4.69) is 11.6 Å². The average Bonchev–Trinajstić information content (AvgIpc) is 3.02. The van der Waals surface area contributed by atoms with E-state index in [-0.39, 0.29) is 16.6 Å². The predicted molar refractivity (Wildman–Crippen MR) is 120 cm³/mol. The lowest BCUT2D eigenvalue weighted by Crippen LogP contribution is -2.16. The van der Waals surface area contributed by atoms with Crippen molar-refractivity contribution in [3.63, 3.8) is 0 Å². The van der Waals surface area contributed by atoms with Gasteiger partial charge in [0, 0.05) is 24.1 Å². The lowest BCUT2D eigenvalue weighted by atomic mass is 10.3. The van der Waals surface area contributed by atoms with Crippen LogP contribution in [0, 0.1) is 5.82 Å². The molecule has 30 heavy (non-hydrogen) atoms. The molecule has 2 aromatic carbocycles. The molecule has 5 nitrogen and oxygen atoms in total. The van der Waals surface area contributed by atoms with Gasteiger partial charge in [-0.1, -0.05) is 17.4 Å². The molecule has 0 spiro atoms. The smallest absolute Gasteiger partial charge is 0.248 e. The quantitative estimate of drug-likeness (QED) is 0.281. The molecule has 0 unspecified atom stereocenters.